The number of hydrogen-bond acceptors (Lipinski definition) is 2. The van der Waals surface area contributed by atoms with Gasteiger partial charge in [-0.05, 0) is 84.3 Å². The molecule has 1 amide bonds. The Kier molecular flexibility index (Phi) is 2.92. The van der Waals surface area contributed by atoms with Crippen molar-refractivity contribution in [1.82, 2.24) is 10.3 Å². The molecule has 0 unspecified atom stereocenters. The van der Waals surface area contributed by atoms with Crippen LogP contribution in [0.1, 0.15) is 49.0 Å². The maximum atomic E-state index is 12.5. The monoisotopic (exact) mass is 334 g/mol. The summed E-state index contributed by atoms with van der Waals surface area (Å²) in [5, 5.41) is 3.34. The molecule has 4 aliphatic rings. The molecule has 4 saturated carbocycles. The summed E-state index contributed by atoms with van der Waals surface area (Å²) < 4.78 is 0.906. The molecule has 0 radical (unpaired) electrons. The zero-order chi connectivity index (χ0) is 13.7. The minimum Gasteiger partial charge on any atom is -0.345 e. The molecule has 20 heavy (non-hydrogen) atoms. The first-order chi connectivity index (χ1) is 9.62. The van der Waals surface area contributed by atoms with Crippen molar-refractivity contribution in [2.45, 2.75) is 44.1 Å². The van der Waals surface area contributed by atoms with E-state index in [-0.39, 0.29) is 11.4 Å². The van der Waals surface area contributed by atoms with Crippen LogP contribution in [-0.4, -0.2) is 16.4 Å². The van der Waals surface area contributed by atoms with Crippen LogP contribution < -0.4 is 5.32 Å². The van der Waals surface area contributed by atoms with Crippen molar-refractivity contribution < 1.29 is 4.79 Å². The lowest BCUT2D eigenvalue weighted by molar-refractivity contribution is -0.0167. The number of nitrogens with one attached hydrogen (secondary N) is 1. The first kappa shape index (κ1) is 12.8. The number of rotatable bonds is 2. The molecule has 1 aromatic rings. The van der Waals surface area contributed by atoms with Gasteiger partial charge >= 0.3 is 0 Å². The number of aromatic nitrogens is 1. The fourth-order valence-electron chi connectivity index (χ4n) is 5.08. The molecule has 3 nitrogen and oxygen atoms in total. The summed E-state index contributed by atoms with van der Waals surface area (Å²) in [5.41, 5.74) is 0.601. The van der Waals surface area contributed by atoms with Crippen molar-refractivity contribution in [3.8, 4) is 0 Å². The third kappa shape index (κ3) is 2.18. The Morgan fingerprint density at radius 2 is 1.75 bits per heavy atom. The van der Waals surface area contributed by atoms with Crippen LogP contribution in [0.15, 0.2) is 22.8 Å². The van der Waals surface area contributed by atoms with Gasteiger partial charge in [-0.1, -0.05) is 0 Å². The van der Waals surface area contributed by atoms with Gasteiger partial charge in [-0.15, -0.1) is 0 Å². The minimum absolute atomic E-state index is 0.000509. The van der Waals surface area contributed by atoms with Gasteiger partial charge in [0.25, 0.3) is 5.91 Å². The Balaban J connectivity index is 1.53. The van der Waals surface area contributed by atoms with Crippen molar-refractivity contribution in [2.24, 2.45) is 17.8 Å². The molecule has 0 aromatic carbocycles. The normalized spacial score (nSPS) is 38.0. The van der Waals surface area contributed by atoms with Crippen molar-refractivity contribution in [2.75, 3.05) is 0 Å². The van der Waals surface area contributed by atoms with Gasteiger partial charge in [0, 0.05) is 16.2 Å². The zero-order valence-electron chi connectivity index (χ0n) is 11.4. The summed E-state index contributed by atoms with van der Waals surface area (Å²) in [5.74, 6) is 2.54. The van der Waals surface area contributed by atoms with E-state index in [1.54, 1.807) is 12.3 Å². The van der Waals surface area contributed by atoms with Crippen LogP contribution in [0, 0.1) is 17.8 Å². The number of carbonyl (C=O) groups excluding carboxylic acids is 1. The van der Waals surface area contributed by atoms with Crippen LogP contribution in [0.4, 0.5) is 0 Å². The van der Waals surface area contributed by atoms with E-state index in [1.807, 2.05) is 6.07 Å². The Morgan fingerprint density at radius 3 is 2.25 bits per heavy atom. The number of pyridine rings is 1. The van der Waals surface area contributed by atoms with Crippen LogP contribution in [0.5, 0.6) is 0 Å². The molecule has 0 spiro atoms. The maximum absolute atomic E-state index is 12.5. The largest absolute Gasteiger partial charge is 0.345 e. The average Bonchev–Trinajstić information content (AvgIpc) is 2.37. The fourth-order valence-corrected chi connectivity index (χ4v) is 5.31. The standard InChI is InChI=1S/C16H19BrN2O/c17-13-1-2-14(18-9-13)15(20)19-16-6-10-3-11(7-16)5-12(4-10)8-16/h1-2,9-12H,3-8H2,(H,19,20). The second-order valence-corrected chi connectivity index (χ2v) is 7.93. The first-order valence-corrected chi connectivity index (χ1v) is 8.35. The molecule has 5 rings (SSSR count). The van der Waals surface area contributed by atoms with E-state index < -0.39 is 0 Å². The molecule has 1 aromatic heterocycles. The number of hydrogen-bond donors (Lipinski definition) is 1. The topological polar surface area (TPSA) is 42.0 Å². The lowest BCUT2D eigenvalue weighted by Crippen LogP contribution is -2.59. The Morgan fingerprint density at radius 1 is 1.15 bits per heavy atom. The lowest BCUT2D eigenvalue weighted by atomic mass is 9.53. The van der Waals surface area contributed by atoms with E-state index in [4.69, 9.17) is 0 Å². The SMILES string of the molecule is O=C(NC12CC3CC(CC(C3)C1)C2)c1ccc(Br)cn1. The summed E-state index contributed by atoms with van der Waals surface area (Å²) in [6, 6.07) is 3.67. The lowest BCUT2D eigenvalue weighted by Gasteiger charge is -2.56. The third-order valence-corrected chi connectivity index (χ3v) is 5.85. The van der Waals surface area contributed by atoms with Crippen LogP contribution in [0.2, 0.25) is 0 Å². The Bertz CT molecular complexity index is 505. The molecule has 1 N–H and O–H groups in total. The average molecular weight is 335 g/mol. The second kappa shape index (κ2) is 4.55. The number of amides is 1. The number of halogens is 1. The van der Waals surface area contributed by atoms with E-state index in [2.05, 4.69) is 26.2 Å². The predicted octanol–water partition coefficient (Wildman–Crippen LogP) is 3.54. The van der Waals surface area contributed by atoms with Crippen molar-refractivity contribution in [1.29, 1.82) is 0 Å². The highest BCUT2D eigenvalue weighted by Crippen LogP contribution is 2.55. The van der Waals surface area contributed by atoms with Crippen molar-refractivity contribution in [3.63, 3.8) is 0 Å². The van der Waals surface area contributed by atoms with E-state index in [0.717, 1.165) is 22.2 Å². The summed E-state index contributed by atoms with van der Waals surface area (Å²) >= 11 is 3.35. The van der Waals surface area contributed by atoms with E-state index >= 15 is 0 Å². The molecule has 4 heteroatoms. The molecule has 4 aliphatic carbocycles. The van der Waals surface area contributed by atoms with Crippen molar-refractivity contribution >= 4 is 21.8 Å². The van der Waals surface area contributed by atoms with E-state index in [0.29, 0.717) is 5.69 Å². The number of carbonyl (C=O) groups is 1. The molecule has 0 saturated heterocycles. The summed E-state index contributed by atoms with van der Waals surface area (Å²) in [4.78, 5) is 16.7. The van der Waals surface area contributed by atoms with E-state index in [1.165, 1.54) is 38.5 Å². The first-order valence-electron chi connectivity index (χ1n) is 7.56. The van der Waals surface area contributed by atoms with Gasteiger partial charge in [0.15, 0.2) is 0 Å². The van der Waals surface area contributed by atoms with Gasteiger partial charge in [0.2, 0.25) is 0 Å². The van der Waals surface area contributed by atoms with Crippen LogP contribution in [0.3, 0.4) is 0 Å². The minimum atomic E-state index is -0.000509. The Hall–Kier alpha value is -0.900. The molecule has 4 fully saturated rings. The fraction of sp³-hybridized carbons (Fsp3) is 0.625. The zero-order valence-corrected chi connectivity index (χ0v) is 13.0. The van der Waals surface area contributed by atoms with Gasteiger partial charge in [0.05, 0.1) is 0 Å². The summed E-state index contributed by atoms with van der Waals surface area (Å²) in [7, 11) is 0. The molecular weight excluding hydrogens is 316 g/mol. The smallest absolute Gasteiger partial charge is 0.270 e. The van der Waals surface area contributed by atoms with Gasteiger partial charge in [-0.2, -0.15) is 0 Å². The quantitative estimate of drug-likeness (QED) is 0.898. The van der Waals surface area contributed by atoms with Gasteiger partial charge < -0.3 is 5.32 Å². The highest BCUT2D eigenvalue weighted by atomic mass is 79.9. The summed E-state index contributed by atoms with van der Waals surface area (Å²) in [6.07, 6.45) is 9.42. The second-order valence-electron chi connectivity index (χ2n) is 7.01. The molecule has 1 heterocycles. The summed E-state index contributed by atoms with van der Waals surface area (Å²) in [6.45, 7) is 0. The van der Waals surface area contributed by atoms with Gasteiger partial charge in [-0.3, -0.25) is 4.79 Å². The molecule has 0 aliphatic heterocycles. The predicted molar refractivity (Wildman–Crippen MR) is 80.3 cm³/mol. The van der Waals surface area contributed by atoms with Crippen LogP contribution in [-0.2, 0) is 0 Å². The van der Waals surface area contributed by atoms with Gasteiger partial charge in [0.1, 0.15) is 5.69 Å². The molecular formula is C16H19BrN2O. The highest BCUT2D eigenvalue weighted by Gasteiger charge is 2.51. The van der Waals surface area contributed by atoms with Gasteiger partial charge in [-0.25, -0.2) is 4.98 Å². The van der Waals surface area contributed by atoms with E-state index in [9.17, 15) is 4.79 Å². The highest BCUT2D eigenvalue weighted by molar-refractivity contribution is 9.10. The van der Waals surface area contributed by atoms with Crippen LogP contribution >= 0.6 is 15.9 Å². The molecule has 0 atom stereocenters. The molecule has 4 bridgehead atoms. The third-order valence-electron chi connectivity index (χ3n) is 5.38. The molecule has 106 valence electrons. The number of nitrogens with zero attached hydrogens (tertiary/aromatic N) is 1. The maximum Gasteiger partial charge on any atom is 0.270 e. The van der Waals surface area contributed by atoms with Crippen LogP contribution in [0.25, 0.3) is 0 Å². The van der Waals surface area contributed by atoms with Crippen molar-refractivity contribution in [3.05, 3.63) is 28.5 Å². The Labute approximate surface area is 127 Å².